The molecule has 30 heavy (non-hydrogen) atoms. The van der Waals surface area contributed by atoms with Gasteiger partial charge in [0.2, 0.25) is 5.91 Å². The lowest BCUT2D eigenvalue weighted by atomic mass is 9.95. The zero-order valence-corrected chi connectivity index (χ0v) is 17.2. The third-order valence-corrected chi connectivity index (χ3v) is 6.29. The number of aromatic nitrogens is 4. The number of fused-ring (bicyclic) bond motifs is 2. The molecular weight excluding hydrogens is 408 g/mol. The van der Waals surface area contributed by atoms with Crippen LogP contribution >= 0.6 is 11.8 Å². The molecule has 1 fully saturated rings. The summed E-state index contributed by atoms with van der Waals surface area (Å²) < 4.78 is 30.1. The lowest BCUT2D eigenvalue weighted by Gasteiger charge is -2.14. The maximum atomic E-state index is 15.2. The quantitative estimate of drug-likeness (QED) is 0.457. The molecule has 2 atom stereocenters. The summed E-state index contributed by atoms with van der Waals surface area (Å²) in [5.74, 6) is -0.802. The summed E-state index contributed by atoms with van der Waals surface area (Å²) in [4.78, 5) is 16.9. The molecular formula is C21H19F2N5OS. The topological polar surface area (TPSA) is 75.1 Å². The van der Waals surface area contributed by atoms with Crippen LogP contribution in [0.1, 0.15) is 18.9 Å². The highest BCUT2D eigenvalue weighted by Crippen LogP contribution is 2.39. The number of thioether (sulfide) groups is 1. The number of amides is 1. The number of hydrogen-bond donors (Lipinski definition) is 2. The number of imidazole rings is 1. The van der Waals surface area contributed by atoms with Gasteiger partial charge in [0, 0.05) is 17.1 Å². The van der Waals surface area contributed by atoms with Crippen LogP contribution in [0.25, 0.3) is 27.7 Å². The lowest BCUT2D eigenvalue weighted by molar-refractivity contribution is -0.117. The fourth-order valence-electron chi connectivity index (χ4n) is 3.88. The minimum atomic E-state index is -1.06. The van der Waals surface area contributed by atoms with E-state index < -0.39 is 12.1 Å². The Morgan fingerprint density at radius 3 is 2.90 bits per heavy atom. The van der Waals surface area contributed by atoms with Crippen LogP contribution in [-0.2, 0) is 11.2 Å². The van der Waals surface area contributed by atoms with Crippen LogP contribution < -0.4 is 5.32 Å². The van der Waals surface area contributed by atoms with Gasteiger partial charge in [0.1, 0.15) is 17.6 Å². The van der Waals surface area contributed by atoms with Gasteiger partial charge in [-0.2, -0.15) is 5.10 Å². The number of carbonyl (C=O) groups is 1. The number of carbonyl (C=O) groups excluding carboxylic acids is 1. The number of rotatable bonds is 5. The van der Waals surface area contributed by atoms with E-state index in [1.807, 2.05) is 31.5 Å². The molecule has 2 N–H and O–H groups in total. The van der Waals surface area contributed by atoms with Crippen molar-refractivity contribution in [1.82, 2.24) is 19.6 Å². The van der Waals surface area contributed by atoms with E-state index in [4.69, 9.17) is 0 Å². The molecule has 9 heteroatoms. The van der Waals surface area contributed by atoms with Crippen molar-refractivity contribution in [2.24, 2.45) is 5.92 Å². The summed E-state index contributed by atoms with van der Waals surface area (Å²) in [6.07, 6.45) is 6.83. The third-order valence-electron chi connectivity index (χ3n) is 5.50. The van der Waals surface area contributed by atoms with Gasteiger partial charge < -0.3 is 9.72 Å². The zero-order chi connectivity index (χ0) is 21.0. The molecule has 4 aromatic rings. The summed E-state index contributed by atoms with van der Waals surface area (Å²) in [6, 6.07) is 3.69. The number of benzene rings is 1. The van der Waals surface area contributed by atoms with Gasteiger partial charge in [0.15, 0.2) is 5.82 Å². The summed E-state index contributed by atoms with van der Waals surface area (Å²) in [6.45, 7) is 1.93. The van der Waals surface area contributed by atoms with E-state index in [9.17, 15) is 9.18 Å². The molecule has 3 aromatic heterocycles. The molecule has 0 radical (unpaired) electrons. The molecule has 1 amide bonds. The van der Waals surface area contributed by atoms with Crippen LogP contribution in [-0.4, -0.2) is 37.9 Å². The van der Waals surface area contributed by atoms with E-state index in [0.717, 1.165) is 16.5 Å². The van der Waals surface area contributed by atoms with Crippen LogP contribution in [0.2, 0.25) is 0 Å². The number of nitrogens with one attached hydrogen (secondary N) is 2. The Morgan fingerprint density at radius 2 is 2.20 bits per heavy atom. The van der Waals surface area contributed by atoms with Gasteiger partial charge in [0.25, 0.3) is 0 Å². The zero-order valence-electron chi connectivity index (χ0n) is 16.4. The molecule has 0 bridgehead atoms. The number of H-pyrrole nitrogens is 1. The van der Waals surface area contributed by atoms with Gasteiger partial charge >= 0.3 is 0 Å². The predicted molar refractivity (Wildman–Crippen MR) is 113 cm³/mol. The molecule has 1 aliphatic carbocycles. The molecule has 1 saturated carbocycles. The van der Waals surface area contributed by atoms with Crippen molar-refractivity contribution in [2.45, 2.75) is 30.8 Å². The minimum Gasteiger partial charge on any atom is -0.309 e. The molecule has 0 spiro atoms. The van der Waals surface area contributed by atoms with Crippen LogP contribution in [0, 0.1) is 11.7 Å². The molecule has 154 valence electrons. The Hall–Kier alpha value is -2.94. The van der Waals surface area contributed by atoms with Crippen molar-refractivity contribution >= 4 is 40.0 Å². The normalized spacial score (nSPS) is 18.3. The van der Waals surface area contributed by atoms with Gasteiger partial charge in [-0.1, -0.05) is 6.92 Å². The van der Waals surface area contributed by atoms with Crippen molar-refractivity contribution in [3.05, 3.63) is 42.1 Å². The highest BCUT2D eigenvalue weighted by atomic mass is 32.2. The first kappa shape index (κ1) is 19.0. The lowest BCUT2D eigenvalue weighted by Crippen LogP contribution is -2.15. The second-order valence-corrected chi connectivity index (χ2v) is 8.19. The summed E-state index contributed by atoms with van der Waals surface area (Å²) in [7, 11) is 0. The molecule has 5 rings (SSSR count). The van der Waals surface area contributed by atoms with Gasteiger partial charge in [-0.25, -0.2) is 13.8 Å². The second kappa shape index (κ2) is 7.09. The Kier molecular flexibility index (Phi) is 4.50. The van der Waals surface area contributed by atoms with Gasteiger partial charge in [-0.3, -0.25) is 9.89 Å². The highest BCUT2D eigenvalue weighted by Gasteiger charge is 2.43. The van der Waals surface area contributed by atoms with Gasteiger partial charge in [-0.15, -0.1) is 11.8 Å². The molecule has 0 saturated heterocycles. The first-order valence-electron chi connectivity index (χ1n) is 9.67. The average Bonchev–Trinajstić information content (AvgIpc) is 3.12. The Balaban J connectivity index is 1.60. The standard InChI is InChI=1S/C21H19F2N5OS/c1-3-11-17(13-7-24-27-19(13)20(30-2)18(11)23)10-4-5-16-25-15(9-28(16)8-10)26-21(29)12-6-14(12)22/h4-5,7-9,12,14H,3,6H2,1-2H3,(H,24,27)(H,26,29)/t12-,14+/m1/s1. The SMILES string of the molecule is CCc1c(F)c(SC)c2[nH]ncc2c1-c1ccc2nc(NC(=O)[C@@H]3C[C@@H]3F)cn2c1. The van der Waals surface area contributed by atoms with Crippen molar-refractivity contribution in [3.63, 3.8) is 0 Å². The third kappa shape index (κ3) is 2.96. The fourth-order valence-corrected chi connectivity index (χ4v) is 4.54. The Morgan fingerprint density at radius 1 is 1.40 bits per heavy atom. The van der Waals surface area contributed by atoms with E-state index in [2.05, 4.69) is 20.5 Å². The van der Waals surface area contributed by atoms with Gasteiger partial charge in [-0.05, 0) is 42.4 Å². The monoisotopic (exact) mass is 427 g/mol. The minimum absolute atomic E-state index is 0.236. The van der Waals surface area contributed by atoms with Crippen molar-refractivity contribution in [1.29, 1.82) is 0 Å². The van der Waals surface area contributed by atoms with Crippen LogP contribution in [0.15, 0.2) is 35.6 Å². The van der Waals surface area contributed by atoms with Crippen LogP contribution in [0.5, 0.6) is 0 Å². The Bertz CT molecular complexity index is 1300. The number of pyridine rings is 1. The first-order valence-corrected chi connectivity index (χ1v) is 10.9. The maximum absolute atomic E-state index is 15.2. The smallest absolute Gasteiger partial charge is 0.231 e. The van der Waals surface area contributed by atoms with Crippen molar-refractivity contribution in [3.8, 4) is 11.1 Å². The first-order chi connectivity index (χ1) is 14.5. The number of anilines is 1. The van der Waals surface area contributed by atoms with Crippen LogP contribution in [0.4, 0.5) is 14.6 Å². The number of nitrogens with zero attached hydrogens (tertiary/aromatic N) is 3. The van der Waals surface area contributed by atoms with Crippen molar-refractivity contribution in [2.75, 3.05) is 11.6 Å². The predicted octanol–water partition coefficient (Wildman–Crippen LogP) is 4.60. The Labute approximate surface area is 175 Å². The molecule has 3 heterocycles. The molecule has 0 aliphatic heterocycles. The van der Waals surface area contributed by atoms with E-state index >= 15 is 4.39 Å². The highest BCUT2D eigenvalue weighted by molar-refractivity contribution is 7.98. The van der Waals surface area contributed by atoms with Crippen molar-refractivity contribution < 1.29 is 13.6 Å². The van der Waals surface area contributed by atoms with E-state index in [-0.39, 0.29) is 18.1 Å². The van der Waals surface area contributed by atoms with E-state index in [1.54, 1.807) is 16.8 Å². The number of aromatic amines is 1. The maximum Gasteiger partial charge on any atom is 0.231 e. The summed E-state index contributed by atoms with van der Waals surface area (Å²) in [5, 5.41) is 10.6. The number of hydrogen-bond acceptors (Lipinski definition) is 4. The van der Waals surface area contributed by atoms with Crippen LogP contribution in [0.3, 0.4) is 0 Å². The average molecular weight is 427 g/mol. The number of alkyl halides is 1. The largest absolute Gasteiger partial charge is 0.309 e. The molecule has 6 nitrogen and oxygen atoms in total. The van der Waals surface area contributed by atoms with E-state index in [0.29, 0.717) is 33.9 Å². The second-order valence-electron chi connectivity index (χ2n) is 7.37. The number of halogens is 2. The molecule has 0 unspecified atom stereocenters. The summed E-state index contributed by atoms with van der Waals surface area (Å²) in [5.41, 5.74) is 3.54. The van der Waals surface area contributed by atoms with E-state index in [1.165, 1.54) is 11.8 Å². The van der Waals surface area contributed by atoms with Gasteiger partial charge in [0.05, 0.1) is 28.7 Å². The fraction of sp³-hybridized carbons (Fsp3) is 0.286. The molecule has 1 aliphatic rings. The summed E-state index contributed by atoms with van der Waals surface area (Å²) >= 11 is 1.35. The molecule has 1 aromatic carbocycles.